The first-order chi connectivity index (χ1) is 12.4. The summed E-state index contributed by atoms with van der Waals surface area (Å²) in [4.78, 5) is 28.8. The van der Waals surface area contributed by atoms with Crippen LogP contribution in [0, 0.1) is 6.92 Å². The average Bonchev–Trinajstić information content (AvgIpc) is 3.21. The highest BCUT2D eigenvalue weighted by molar-refractivity contribution is 5.95. The zero-order chi connectivity index (χ0) is 18.5. The number of nitrogens with zero attached hydrogens (tertiary/aromatic N) is 5. The summed E-state index contributed by atoms with van der Waals surface area (Å²) in [6.45, 7) is 1.67. The van der Waals surface area contributed by atoms with E-state index in [-0.39, 0.29) is 43.3 Å². The minimum absolute atomic E-state index is 0.000856. The van der Waals surface area contributed by atoms with Gasteiger partial charge in [-0.05, 0) is 19.1 Å². The minimum Gasteiger partial charge on any atom is -0.338 e. The topological polar surface area (TPSA) is 88.3 Å². The quantitative estimate of drug-likeness (QED) is 0.746. The summed E-state index contributed by atoms with van der Waals surface area (Å²) in [7, 11) is 0. The van der Waals surface area contributed by atoms with Gasteiger partial charge in [-0.15, -0.1) is 5.10 Å². The first-order valence-corrected chi connectivity index (χ1v) is 8.15. The molecule has 136 valence electrons. The number of hydrogen-bond acceptors (Lipinski definition) is 4. The van der Waals surface area contributed by atoms with E-state index in [0.29, 0.717) is 16.8 Å². The van der Waals surface area contributed by atoms with Gasteiger partial charge in [0.15, 0.2) is 0 Å². The van der Waals surface area contributed by atoms with Gasteiger partial charge in [0.1, 0.15) is 5.52 Å². The third kappa shape index (κ3) is 2.67. The second kappa shape index (κ2) is 5.75. The average molecular weight is 362 g/mol. The summed E-state index contributed by atoms with van der Waals surface area (Å²) in [5, 5.41) is 8.41. The number of piperidine rings is 1. The Morgan fingerprint density at radius 1 is 1.31 bits per heavy atom. The molecule has 0 saturated carbocycles. The molecule has 0 unspecified atom stereocenters. The van der Waals surface area contributed by atoms with E-state index < -0.39 is 5.92 Å². The van der Waals surface area contributed by atoms with Crippen LogP contribution in [-0.4, -0.2) is 54.2 Å². The Kier molecular flexibility index (Phi) is 3.63. The van der Waals surface area contributed by atoms with E-state index in [2.05, 4.69) is 15.2 Å². The number of carbonyl (C=O) groups is 1. The molecule has 4 heterocycles. The van der Waals surface area contributed by atoms with E-state index in [0.717, 1.165) is 0 Å². The molecule has 0 aromatic carbocycles. The van der Waals surface area contributed by atoms with Crippen molar-refractivity contribution in [2.24, 2.45) is 0 Å². The molecule has 4 rings (SSSR count). The molecule has 0 atom stereocenters. The fraction of sp³-hybridized carbons (Fsp3) is 0.375. The summed E-state index contributed by atoms with van der Waals surface area (Å²) in [6, 6.07) is 3.32. The lowest BCUT2D eigenvalue weighted by Crippen LogP contribution is -2.42. The van der Waals surface area contributed by atoms with Crippen LogP contribution in [0.1, 0.15) is 28.9 Å². The Labute approximate surface area is 146 Å². The number of carbonyl (C=O) groups excluding carboxylic acids is 1. The molecule has 0 aliphatic carbocycles. The number of H-pyrrole nitrogens is 1. The minimum atomic E-state index is -2.72. The maximum atomic E-state index is 13.3. The van der Waals surface area contributed by atoms with Crippen LogP contribution in [0.5, 0.6) is 0 Å². The number of nitrogens with one attached hydrogen (secondary N) is 1. The van der Waals surface area contributed by atoms with Gasteiger partial charge in [-0.1, -0.05) is 0 Å². The van der Waals surface area contributed by atoms with Crippen molar-refractivity contribution in [1.82, 2.24) is 29.3 Å². The lowest BCUT2D eigenvalue weighted by Gasteiger charge is -2.31. The van der Waals surface area contributed by atoms with Crippen molar-refractivity contribution in [3.8, 4) is 5.95 Å². The summed E-state index contributed by atoms with van der Waals surface area (Å²) in [5.41, 5.74) is 0.831. The first kappa shape index (κ1) is 16.4. The monoisotopic (exact) mass is 362 g/mol. The van der Waals surface area contributed by atoms with E-state index in [1.54, 1.807) is 25.3 Å². The van der Waals surface area contributed by atoms with Gasteiger partial charge in [-0.25, -0.2) is 18.0 Å². The maximum absolute atomic E-state index is 13.3. The predicted molar refractivity (Wildman–Crippen MR) is 87.8 cm³/mol. The zero-order valence-electron chi connectivity index (χ0n) is 13.9. The second-order valence-electron chi connectivity index (χ2n) is 6.32. The van der Waals surface area contributed by atoms with Crippen LogP contribution in [0.15, 0.2) is 29.3 Å². The number of amides is 1. The third-order valence-electron chi connectivity index (χ3n) is 4.61. The molecule has 0 radical (unpaired) electrons. The number of aromatic amines is 1. The highest BCUT2D eigenvalue weighted by Gasteiger charge is 2.36. The van der Waals surface area contributed by atoms with Crippen LogP contribution in [-0.2, 0) is 0 Å². The van der Waals surface area contributed by atoms with Crippen molar-refractivity contribution < 1.29 is 13.6 Å². The SMILES string of the molecule is Cc1c(C(=O)N2CCC(F)(F)CC2)cnn1-c1nn2cccc2c(=O)[nH]1. The van der Waals surface area contributed by atoms with Crippen molar-refractivity contribution in [3.05, 3.63) is 46.1 Å². The van der Waals surface area contributed by atoms with Gasteiger partial charge >= 0.3 is 0 Å². The summed E-state index contributed by atoms with van der Waals surface area (Å²) in [5.74, 6) is -2.90. The van der Waals surface area contributed by atoms with Gasteiger partial charge < -0.3 is 4.90 Å². The number of halogens is 2. The Morgan fingerprint density at radius 3 is 2.77 bits per heavy atom. The summed E-state index contributed by atoms with van der Waals surface area (Å²) in [6.07, 6.45) is 2.31. The molecule has 1 amide bonds. The lowest BCUT2D eigenvalue weighted by molar-refractivity contribution is -0.0494. The van der Waals surface area contributed by atoms with E-state index >= 15 is 0 Å². The predicted octanol–water partition coefficient (Wildman–Crippen LogP) is 1.39. The van der Waals surface area contributed by atoms with Crippen LogP contribution >= 0.6 is 0 Å². The van der Waals surface area contributed by atoms with Crippen molar-refractivity contribution in [3.63, 3.8) is 0 Å². The lowest BCUT2D eigenvalue weighted by atomic mass is 10.1. The summed E-state index contributed by atoms with van der Waals surface area (Å²) >= 11 is 0. The Bertz CT molecular complexity index is 1040. The molecule has 1 N–H and O–H groups in total. The molecule has 26 heavy (non-hydrogen) atoms. The van der Waals surface area contributed by atoms with Gasteiger partial charge in [0.25, 0.3) is 17.4 Å². The Morgan fingerprint density at radius 2 is 2.04 bits per heavy atom. The molecule has 0 bridgehead atoms. The molecular formula is C16H16F2N6O2. The van der Waals surface area contributed by atoms with E-state index in [1.807, 2.05) is 0 Å². The van der Waals surface area contributed by atoms with Crippen LogP contribution in [0.4, 0.5) is 8.78 Å². The molecule has 10 heteroatoms. The van der Waals surface area contributed by atoms with Crippen molar-refractivity contribution in [2.45, 2.75) is 25.7 Å². The fourth-order valence-corrected chi connectivity index (χ4v) is 3.07. The Balaban J connectivity index is 1.65. The third-order valence-corrected chi connectivity index (χ3v) is 4.61. The number of aromatic nitrogens is 5. The van der Waals surface area contributed by atoms with Crippen LogP contribution in [0.2, 0.25) is 0 Å². The molecule has 1 saturated heterocycles. The molecule has 1 fully saturated rings. The van der Waals surface area contributed by atoms with E-state index in [1.165, 1.54) is 20.3 Å². The van der Waals surface area contributed by atoms with E-state index in [4.69, 9.17) is 0 Å². The number of rotatable bonds is 2. The van der Waals surface area contributed by atoms with Gasteiger partial charge in [0.2, 0.25) is 5.95 Å². The molecule has 0 spiro atoms. The maximum Gasteiger partial charge on any atom is 0.276 e. The number of alkyl halides is 2. The van der Waals surface area contributed by atoms with Crippen molar-refractivity contribution >= 4 is 11.4 Å². The van der Waals surface area contributed by atoms with Crippen molar-refractivity contribution in [1.29, 1.82) is 0 Å². The van der Waals surface area contributed by atoms with Crippen LogP contribution in [0.25, 0.3) is 11.5 Å². The normalized spacial score (nSPS) is 17.0. The molecule has 1 aliphatic heterocycles. The van der Waals surface area contributed by atoms with Gasteiger partial charge in [0, 0.05) is 32.1 Å². The molecule has 3 aromatic heterocycles. The second-order valence-corrected chi connectivity index (χ2v) is 6.32. The molecular weight excluding hydrogens is 346 g/mol. The highest BCUT2D eigenvalue weighted by atomic mass is 19.3. The van der Waals surface area contributed by atoms with E-state index in [9.17, 15) is 18.4 Å². The standard InChI is InChI=1S/C16H16F2N6O2/c1-10-11(14(26)22-7-4-16(17,18)5-8-22)9-19-24(10)15-20-13(25)12-3-2-6-23(12)21-15/h2-3,6,9H,4-5,7-8H2,1H3,(H,20,21,25). The first-order valence-electron chi connectivity index (χ1n) is 8.15. The molecule has 8 nitrogen and oxygen atoms in total. The van der Waals surface area contributed by atoms with Gasteiger partial charge in [-0.2, -0.15) is 5.10 Å². The highest BCUT2D eigenvalue weighted by Crippen LogP contribution is 2.28. The summed E-state index contributed by atoms with van der Waals surface area (Å²) < 4.78 is 29.4. The smallest absolute Gasteiger partial charge is 0.276 e. The Hall–Kier alpha value is -3.04. The van der Waals surface area contributed by atoms with Crippen molar-refractivity contribution in [2.75, 3.05) is 13.1 Å². The number of fused-ring (bicyclic) bond motifs is 1. The molecule has 1 aliphatic rings. The molecule has 3 aromatic rings. The van der Waals surface area contributed by atoms with Gasteiger partial charge in [0.05, 0.1) is 17.5 Å². The fourth-order valence-electron chi connectivity index (χ4n) is 3.07. The number of hydrogen-bond donors (Lipinski definition) is 1. The van der Waals surface area contributed by atoms with Crippen LogP contribution < -0.4 is 5.56 Å². The zero-order valence-corrected chi connectivity index (χ0v) is 13.9. The largest absolute Gasteiger partial charge is 0.338 e. The van der Waals surface area contributed by atoms with Crippen LogP contribution in [0.3, 0.4) is 0 Å². The van der Waals surface area contributed by atoms with Gasteiger partial charge in [-0.3, -0.25) is 14.6 Å². The number of likely N-dealkylation sites (tertiary alicyclic amines) is 1.